The molecule has 2 N–H and O–H groups in total. The fraction of sp³-hybridized carbons (Fsp3) is 0.294. The zero-order valence-corrected chi connectivity index (χ0v) is 17.1. The van der Waals surface area contributed by atoms with Gasteiger partial charge < -0.3 is 5.32 Å². The lowest BCUT2D eigenvalue weighted by Crippen LogP contribution is -2.52. The van der Waals surface area contributed by atoms with E-state index >= 15 is 0 Å². The normalized spacial score (nSPS) is 12.4. The molecule has 0 aromatic carbocycles. The van der Waals surface area contributed by atoms with Crippen molar-refractivity contribution < 1.29 is 31.1 Å². The molecule has 0 spiro atoms. The summed E-state index contributed by atoms with van der Waals surface area (Å²) >= 11 is 2.45. The van der Waals surface area contributed by atoms with E-state index in [4.69, 9.17) is 0 Å². The highest BCUT2D eigenvalue weighted by atomic mass is 32.1. The first kappa shape index (κ1) is 23.1. The largest absolute Gasteiger partial charge is 0.412 e. The molecule has 0 radical (unpaired) electrons. The molecule has 0 saturated carbocycles. The number of halogens is 6. The Morgan fingerprint density at radius 3 is 2.39 bits per heavy atom. The van der Waals surface area contributed by atoms with Crippen molar-refractivity contribution in [2.24, 2.45) is 0 Å². The Morgan fingerprint density at radius 1 is 1.13 bits per heavy atom. The third-order valence-electron chi connectivity index (χ3n) is 3.88. The van der Waals surface area contributed by atoms with E-state index in [1.54, 1.807) is 12.3 Å². The molecule has 31 heavy (non-hydrogen) atoms. The van der Waals surface area contributed by atoms with Gasteiger partial charge in [0.15, 0.2) is 16.4 Å². The highest BCUT2D eigenvalue weighted by Gasteiger charge is 2.56. The lowest BCUT2D eigenvalue weighted by molar-refractivity contribution is -0.258. The number of pyridine rings is 1. The molecule has 166 valence electrons. The summed E-state index contributed by atoms with van der Waals surface area (Å²) in [5.41, 5.74) is 1.42. The number of nitrogens with one attached hydrogen (secondary N) is 2. The molecule has 3 heterocycles. The van der Waals surface area contributed by atoms with E-state index < -0.39 is 24.9 Å². The van der Waals surface area contributed by atoms with E-state index in [1.165, 1.54) is 40.1 Å². The van der Waals surface area contributed by atoms with Crippen molar-refractivity contribution in [3.8, 4) is 10.6 Å². The van der Waals surface area contributed by atoms with Gasteiger partial charge in [0, 0.05) is 18.1 Å². The van der Waals surface area contributed by atoms with Crippen LogP contribution < -0.4 is 10.6 Å². The van der Waals surface area contributed by atoms with E-state index in [9.17, 15) is 31.1 Å². The van der Waals surface area contributed by atoms with Crippen molar-refractivity contribution in [1.82, 2.24) is 20.3 Å². The predicted molar refractivity (Wildman–Crippen MR) is 104 cm³/mol. The van der Waals surface area contributed by atoms with Crippen LogP contribution in [0.5, 0.6) is 0 Å². The van der Waals surface area contributed by atoms with Gasteiger partial charge in [-0.05, 0) is 18.6 Å². The average molecular weight is 481 g/mol. The highest BCUT2D eigenvalue weighted by molar-refractivity contribution is 7.17. The van der Waals surface area contributed by atoms with Gasteiger partial charge in [-0.1, -0.05) is 6.07 Å². The van der Waals surface area contributed by atoms with Crippen LogP contribution in [0.2, 0.25) is 0 Å². The van der Waals surface area contributed by atoms with Crippen molar-refractivity contribution in [3.63, 3.8) is 0 Å². The lowest BCUT2D eigenvalue weighted by Gasteiger charge is -2.23. The van der Waals surface area contributed by atoms with Gasteiger partial charge in [0.05, 0.1) is 16.3 Å². The molecule has 0 aliphatic heterocycles. The zero-order valence-electron chi connectivity index (χ0n) is 15.5. The molecule has 3 aromatic rings. The summed E-state index contributed by atoms with van der Waals surface area (Å²) in [6, 6.07) is -0.859. The first-order chi connectivity index (χ1) is 14.5. The third kappa shape index (κ3) is 5.77. The van der Waals surface area contributed by atoms with Crippen LogP contribution in [0.25, 0.3) is 10.6 Å². The van der Waals surface area contributed by atoms with Crippen LogP contribution in [-0.4, -0.2) is 39.6 Å². The monoisotopic (exact) mass is 481 g/mol. The Kier molecular flexibility index (Phi) is 6.62. The Bertz CT molecular complexity index is 1030. The van der Waals surface area contributed by atoms with Crippen LogP contribution in [0, 0.1) is 6.92 Å². The van der Waals surface area contributed by atoms with E-state index in [1.807, 2.05) is 0 Å². The fourth-order valence-corrected chi connectivity index (χ4v) is 4.12. The first-order valence-electron chi connectivity index (χ1n) is 8.44. The Balaban J connectivity index is 1.64. The second-order valence-corrected chi connectivity index (χ2v) is 8.08. The summed E-state index contributed by atoms with van der Waals surface area (Å²) in [5, 5.41) is 6.92. The van der Waals surface area contributed by atoms with Gasteiger partial charge in [0.2, 0.25) is 6.04 Å². The number of aldehydes is 1. The molecule has 14 heteroatoms. The quantitative estimate of drug-likeness (QED) is 0.361. The minimum Gasteiger partial charge on any atom is -0.316 e. The van der Waals surface area contributed by atoms with Gasteiger partial charge in [0.1, 0.15) is 5.82 Å². The van der Waals surface area contributed by atoms with Crippen LogP contribution in [-0.2, 0) is 6.54 Å². The molecule has 3 aromatic heterocycles. The minimum absolute atomic E-state index is 0.144. The van der Waals surface area contributed by atoms with Crippen LogP contribution in [0.3, 0.4) is 0 Å². The maximum atomic E-state index is 12.6. The number of alkyl halides is 6. The standard InChI is InChI=1S/C17H13F6N5OS2/c1-8-13(31-12(6-29)26-8)10-7-30-15(27-10)28-11-3-2-9(4-24-11)5-25-14(16(18,19)20)17(21,22)23/h2-4,6-7,14,25H,5H2,1H3,(H,24,27,28). The second kappa shape index (κ2) is 8.88. The van der Waals surface area contributed by atoms with Crippen molar-refractivity contribution in [1.29, 1.82) is 0 Å². The molecule has 0 aliphatic rings. The molecule has 0 unspecified atom stereocenters. The van der Waals surface area contributed by atoms with E-state index in [-0.39, 0.29) is 5.56 Å². The van der Waals surface area contributed by atoms with Gasteiger partial charge >= 0.3 is 12.4 Å². The number of hydrogen-bond donors (Lipinski definition) is 2. The van der Waals surface area contributed by atoms with E-state index in [0.29, 0.717) is 33.6 Å². The fourth-order valence-electron chi connectivity index (χ4n) is 2.49. The van der Waals surface area contributed by atoms with E-state index in [0.717, 1.165) is 11.1 Å². The molecule has 0 atom stereocenters. The third-order valence-corrected chi connectivity index (χ3v) is 5.74. The topological polar surface area (TPSA) is 79.8 Å². The van der Waals surface area contributed by atoms with Crippen LogP contribution in [0.4, 0.5) is 37.3 Å². The average Bonchev–Trinajstić information content (AvgIpc) is 3.27. The molecule has 0 saturated heterocycles. The minimum atomic E-state index is -5.46. The van der Waals surface area contributed by atoms with Gasteiger partial charge in [0.25, 0.3) is 0 Å². The maximum absolute atomic E-state index is 12.6. The molecule has 0 aliphatic carbocycles. The molecule has 3 rings (SSSR count). The molecule has 0 amide bonds. The summed E-state index contributed by atoms with van der Waals surface area (Å²) in [7, 11) is 0. The number of thiazole rings is 2. The van der Waals surface area contributed by atoms with Crippen LogP contribution >= 0.6 is 22.7 Å². The summed E-state index contributed by atoms with van der Waals surface area (Å²) in [5.74, 6) is 0.308. The molecular weight excluding hydrogens is 468 g/mol. The predicted octanol–water partition coefficient (Wildman–Crippen LogP) is 5.11. The van der Waals surface area contributed by atoms with Gasteiger partial charge in [-0.3, -0.25) is 10.1 Å². The number of hydrogen-bond acceptors (Lipinski definition) is 8. The highest BCUT2D eigenvalue weighted by Crippen LogP contribution is 2.34. The summed E-state index contributed by atoms with van der Waals surface area (Å²) in [6.07, 6.45) is -9.10. The lowest BCUT2D eigenvalue weighted by atomic mass is 10.2. The Hall–Kier alpha value is -2.58. The van der Waals surface area contributed by atoms with Crippen LogP contribution in [0.1, 0.15) is 21.1 Å². The van der Waals surface area contributed by atoms with E-state index in [2.05, 4.69) is 20.3 Å². The first-order valence-corrected chi connectivity index (χ1v) is 10.1. The molecule has 6 nitrogen and oxygen atoms in total. The van der Waals surface area contributed by atoms with Gasteiger partial charge in [-0.2, -0.15) is 26.3 Å². The van der Waals surface area contributed by atoms with Crippen molar-refractivity contribution >= 4 is 39.9 Å². The number of aryl methyl sites for hydroxylation is 1. The summed E-state index contributed by atoms with van der Waals surface area (Å²) in [6.45, 7) is 1.09. The van der Waals surface area contributed by atoms with Crippen molar-refractivity contribution in [2.75, 3.05) is 5.32 Å². The number of anilines is 2. The number of carbonyl (C=O) groups excluding carboxylic acids is 1. The molecule has 0 fully saturated rings. The Morgan fingerprint density at radius 2 is 1.84 bits per heavy atom. The smallest absolute Gasteiger partial charge is 0.316 e. The molecule has 0 bridgehead atoms. The number of rotatable bonds is 7. The zero-order chi connectivity index (χ0) is 22.8. The number of carbonyl (C=O) groups is 1. The maximum Gasteiger partial charge on any atom is 0.412 e. The second-order valence-electron chi connectivity index (χ2n) is 6.20. The van der Waals surface area contributed by atoms with Crippen molar-refractivity contribution in [2.45, 2.75) is 31.9 Å². The molecular formula is C17H13F6N5OS2. The van der Waals surface area contributed by atoms with Gasteiger partial charge in [-0.15, -0.1) is 22.7 Å². The number of aromatic nitrogens is 3. The SMILES string of the molecule is Cc1nc(C=O)sc1-c1csc(Nc2ccc(CNC(C(F)(F)F)C(F)(F)F)cn2)n1. The number of nitrogens with zero attached hydrogens (tertiary/aromatic N) is 3. The summed E-state index contributed by atoms with van der Waals surface area (Å²) < 4.78 is 75.4. The van der Waals surface area contributed by atoms with Crippen LogP contribution in [0.15, 0.2) is 23.7 Å². The van der Waals surface area contributed by atoms with Gasteiger partial charge in [-0.25, -0.2) is 15.0 Å². The summed E-state index contributed by atoms with van der Waals surface area (Å²) in [4.78, 5) is 24.1. The van der Waals surface area contributed by atoms with Crippen molar-refractivity contribution in [3.05, 3.63) is 40.0 Å². The Labute approximate surface area is 179 Å².